The molecule has 1 aliphatic heterocycles. The van der Waals surface area contributed by atoms with E-state index in [0.717, 1.165) is 30.8 Å². The fourth-order valence-electron chi connectivity index (χ4n) is 4.26. The van der Waals surface area contributed by atoms with Crippen LogP contribution in [0.25, 0.3) is 10.9 Å². The molecule has 4 rings (SSSR count). The zero-order valence-electron chi connectivity index (χ0n) is 16.1. The minimum Gasteiger partial charge on any atom is -0.497 e. The molecular formula is C22H27N3O. The molecule has 2 atom stereocenters. The van der Waals surface area contributed by atoms with Gasteiger partial charge in [0.15, 0.2) is 0 Å². The van der Waals surface area contributed by atoms with Crippen LogP contribution in [0.2, 0.25) is 0 Å². The molecule has 1 aliphatic rings. The average molecular weight is 349 g/mol. The second-order valence-corrected chi connectivity index (χ2v) is 7.36. The molecule has 0 saturated carbocycles. The van der Waals surface area contributed by atoms with Crippen molar-refractivity contribution in [2.45, 2.75) is 45.3 Å². The van der Waals surface area contributed by atoms with E-state index in [9.17, 15) is 0 Å². The summed E-state index contributed by atoms with van der Waals surface area (Å²) in [4.78, 5) is 6.97. The number of aryl methyl sites for hydroxylation is 2. The number of ether oxygens (including phenoxy) is 1. The van der Waals surface area contributed by atoms with E-state index >= 15 is 0 Å². The molecule has 0 spiro atoms. The molecule has 2 unspecified atom stereocenters. The Bertz CT molecular complexity index is 916. The van der Waals surface area contributed by atoms with Crippen molar-refractivity contribution < 1.29 is 4.74 Å². The monoisotopic (exact) mass is 349 g/mol. The Labute approximate surface area is 155 Å². The van der Waals surface area contributed by atoms with Crippen LogP contribution in [0.5, 0.6) is 5.75 Å². The highest BCUT2D eigenvalue weighted by Gasteiger charge is 2.31. The van der Waals surface area contributed by atoms with E-state index in [1.54, 1.807) is 7.11 Å². The summed E-state index contributed by atoms with van der Waals surface area (Å²) in [6, 6.07) is 13.6. The first kappa shape index (κ1) is 17.1. The number of benzene rings is 1. The van der Waals surface area contributed by atoms with Crippen molar-refractivity contribution in [2.24, 2.45) is 0 Å². The van der Waals surface area contributed by atoms with Gasteiger partial charge in [-0.25, -0.2) is 0 Å². The average Bonchev–Trinajstić information content (AvgIpc) is 2.97. The number of fused-ring (bicyclic) bond motifs is 3. The number of aromatic nitrogens is 2. The van der Waals surface area contributed by atoms with Crippen molar-refractivity contribution in [2.75, 3.05) is 14.2 Å². The van der Waals surface area contributed by atoms with Crippen molar-refractivity contribution in [3.05, 3.63) is 59.5 Å². The maximum Gasteiger partial charge on any atom is 0.119 e. The van der Waals surface area contributed by atoms with Crippen LogP contribution in [0.3, 0.4) is 0 Å². The number of hydrogen-bond donors (Lipinski definition) is 0. The lowest BCUT2D eigenvalue weighted by atomic mass is 9.93. The van der Waals surface area contributed by atoms with E-state index in [1.807, 2.05) is 12.3 Å². The highest BCUT2D eigenvalue weighted by atomic mass is 16.5. The van der Waals surface area contributed by atoms with Gasteiger partial charge >= 0.3 is 0 Å². The van der Waals surface area contributed by atoms with Crippen LogP contribution in [0, 0.1) is 0 Å². The Balaban J connectivity index is 1.82. The van der Waals surface area contributed by atoms with Crippen molar-refractivity contribution in [1.82, 2.24) is 14.5 Å². The lowest BCUT2D eigenvalue weighted by Crippen LogP contribution is -2.38. The molecule has 0 amide bonds. The van der Waals surface area contributed by atoms with E-state index in [1.165, 1.54) is 22.2 Å². The fraction of sp³-hybridized carbons (Fsp3) is 0.409. The Kier molecular flexibility index (Phi) is 4.45. The molecule has 4 nitrogen and oxygen atoms in total. The summed E-state index contributed by atoms with van der Waals surface area (Å²) in [5.41, 5.74) is 5.38. The van der Waals surface area contributed by atoms with Crippen LogP contribution >= 0.6 is 0 Å². The molecule has 3 heterocycles. The van der Waals surface area contributed by atoms with Crippen molar-refractivity contribution in [3.8, 4) is 5.75 Å². The van der Waals surface area contributed by atoms with Crippen LogP contribution in [0.4, 0.5) is 0 Å². The summed E-state index contributed by atoms with van der Waals surface area (Å²) >= 11 is 0. The standard InChI is InChI=1S/C22H27N3O/c1-15-13-21-22(16(2)24(15)3)19-14-18(26-4)8-9-20(19)25(21)12-10-17-7-5-6-11-23-17/h5-9,11,14-16H,10,12-13H2,1-4H3. The first-order chi connectivity index (χ1) is 12.6. The number of likely N-dealkylation sites (N-methyl/N-ethyl adjacent to an activating group) is 1. The number of hydrogen-bond acceptors (Lipinski definition) is 3. The van der Waals surface area contributed by atoms with E-state index in [0.29, 0.717) is 12.1 Å². The van der Waals surface area contributed by atoms with Crippen LogP contribution in [-0.4, -0.2) is 34.7 Å². The normalized spacial score (nSPS) is 20.3. The van der Waals surface area contributed by atoms with Crippen LogP contribution in [0.15, 0.2) is 42.6 Å². The summed E-state index contributed by atoms with van der Waals surface area (Å²) in [6.45, 7) is 5.59. The van der Waals surface area contributed by atoms with Gasteiger partial charge in [-0.3, -0.25) is 9.88 Å². The molecule has 4 heteroatoms. The molecule has 0 aliphatic carbocycles. The zero-order chi connectivity index (χ0) is 18.3. The second kappa shape index (κ2) is 6.76. The third-order valence-electron chi connectivity index (χ3n) is 5.95. The molecular weight excluding hydrogens is 322 g/mol. The van der Waals surface area contributed by atoms with Gasteiger partial charge in [-0.15, -0.1) is 0 Å². The molecule has 1 aromatic carbocycles. The largest absolute Gasteiger partial charge is 0.497 e. The molecule has 0 saturated heterocycles. The number of nitrogens with zero attached hydrogens (tertiary/aromatic N) is 3. The third-order valence-corrected chi connectivity index (χ3v) is 5.95. The van der Waals surface area contributed by atoms with Gasteiger partial charge in [0, 0.05) is 60.0 Å². The molecule has 0 radical (unpaired) electrons. The van der Waals surface area contributed by atoms with Gasteiger partial charge in [0.1, 0.15) is 5.75 Å². The van der Waals surface area contributed by atoms with Gasteiger partial charge in [0.25, 0.3) is 0 Å². The minimum atomic E-state index is 0.402. The molecule has 26 heavy (non-hydrogen) atoms. The minimum absolute atomic E-state index is 0.402. The highest BCUT2D eigenvalue weighted by molar-refractivity contribution is 5.87. The summed E-state index contributed by atoms with van der Waals surface area (Å²) in [6.07, 6.45) is 3.90. The van der Waals surface area contributed by atoms with Gasteiger partial charge in [0.2, 0.25) is 0 Å². The number of pyridine rings is 1. The van der Waals surface area contributed by atoms with Gasteiger partial charge in [-0.05, 0) is 56.8 Å². The fourth-order valence-corrected chi connectivity index (χ4v) is 4.26. The van der Waals surface area contributed by atoms with Gasteiger partial charge in [-0.1, -0.05) is 6.07 Å². The van der Waals surface area contributed by atoms with Crippen LogP contribution < -0.4 is 4.74 Å². The summed E-state index contributed by atoms with van der Waals surface area (Å²) < 4.78 is 8.01. The molecule has 0 N–H and O–H groups in total. The maximum absolute atomic E-state index is 5.50. The van der Waals surface area contributed by atoms with E-state index in [2.05, 4.69) is 65.7 Å². The Morgan fingerprint density at radius 1 is 1.19 bits per heavy atom. The van der Waals surface area contributed by atoms with E-state index < -0.39 is 0 Å². The molecule has 0 fully saturated rings. The Morgan fingerprint density at radius 3 is 2.77 bits per heavy atom. The Hall–Kier alpha value is -2.33. The lowest BCUT2D eigenvalue weighted by molar-refractivity contribution is 0.177. The summed E-state index contributed by atoms with van der Waals surface area (Å²) in [7, 11) is 3.97. The smallest absolute Gasteiger partial charge is 0.119 e. The molecule has 136 valence electrons. The lowest BCUT2D eigenvalue weighted by Gasteiger charge is -2.36. The van der Waals surface area contributed by atoms with E-state index in [-0.39, 0.29) is 0 Å². The summed E-state index contributed by atoms with van der Waals surface area (Å²) in [5.74, 6) is 0.927. The highest BCUT2D eigenvalue weighted by Crippen LogP contribution is 2.40. The van der Waals surface area contributed by atoms with Crippen molar-refractivity contribution in [3.63, 3.8) is 0 Å². The third kappa shape index (κ3) is 2.78. The van der Waals surface area contributed by atoms with Crippen LogP contribution in [-0.2, 0) is 19.4 Å². The van der Waals surface area contributed by atoms with Gasteiger partial charge in [0.05, 0.1) is 7.11 Å². The SMILES string of the molecule is COc1ccc2c(c1)c1c(n2CCc2ccccn2)CC(C)N(C)C1C. The number of methoxy groups -OCH3 is 1. The molecule has 2 aromatic heterocycles. The predicted molar refractivity (Wildman–Crippen MR) is 106 cm³/mol. The first-order valence-corrected chi connectivity index (χ1v) is 9.41. The van der Waals surface area contributed by atoms with Gasteiger partial charge in [-0.2, -0.15) is 0 Å². The number of rotatable bonds is 4. The van der Waals surface area contributed by atoms with Crippen molar-refractivity contribution in [1.29, 1.82) is 0 Å². The molecule has 3 aromatic rings. The predicted octanol–water partition coefficient (Wildman–Crippen LogP) is 4.23. The summed E-state index contributed by atoms with van der Waals surface area (Å²) in [5, 5.41) is 1.33. The van der Waals surface area contributed by atoms with Crippen LogP contribution in [0.1, 0.15) is 36.8 Å². The molecule has 0 bridgehead atoms. The Morgan fingerprint density at radius 2 is 2.04 bits per heavy atom. The topological polar surface area (TPSA) is 30.3 Å². The zero-order valence-corrected chi connectivity index (χ0v) is 16.1. The van der Waals surface area contributed by atoms with Gasteiger partial charge < -0.3 is 9.30 Å². The quantitative estimate of drug-likeness (QED) is 0.706. The first-order valence-electron chi connectivity index (χ1n) is 9.41. The second-order valence-electron chi connectivity index (χ2n) is 7.36. The van der Waals surface area contributed by atoms with Crippen molar-refractivity contribution >= 4 is 10.9 Å². The van der Waals surface area contributed by atoms with E-state index in [4.69, 9.17) is 4.74 Å². The maximum atomic E-state index is 5.50.